The number of nitrogens with zero attached hydrogens (tertiary/aromatic N) is 1. The van der Waals surface area contributed by atoms with E-state index in [1.807, 2.05) is 19.1 Å². The quantitative estimate of drug-likeness (QED) is 0.635. The zero-order valence-electron chi connectivity index (χ0n) is 8.29. The number of fused-ring (bicyclic) bond motifs is 1. The van der Waals surface area contributed by atoms with Crippen LogP contribution in [-0.2, 0) is 6.42 Å². The Morgan fingerprint density at radius 2 is 2.33 bits per heavy atom. The molecule has 0 radical (unpaired) electrons. The van der Waals surface area contributed by atoms with Crippen molar-refractivity contribution in [1.29, 1.82) is 0 Å². The van der Waals surface area contributed by atoms with Gasteiger partial charge in [0.1, 0.15) is 5.52 Å². The molecular formula is C11H10BrNO2. The Labute approximate surface area is 95.6 Å². The lowest BCUT2D eigenvalue weighted by atomic mass is 10.1. The van der Waals surface area contributed by atoms with Crippen LogP contribution in [0.4, 0.5) is 0 Å². The zero-order chi connectivity index (χ0) is 10.8. The summed E-state index contributed by atoms with van der Waals surface area (Å²) in [5, 5.41) is 0.306. The van der Waals surface area contributed by atoms with E-state index < -0.39 is 0 Å². The van der Waals surface area contributed by atoms with Crippen molar-refractivity contribution in [2.45, 2.75) is 13.3 Å². The molecule has 78 valence electrons. The van der Waals surface area contributed by atoms with Gasteiger partial charge in [-0.1, -0.05) is 28.9 Å². The van der Waals surface area contributed by atoms with Gasteiger partial charge >= 0.3 is 0 Å². The first-order chi connectivity index (χ1) is 7.26. The number of carbonyl (C=O) groups is 1. The first-order valence-corrected chi connectivity index (χ1v) is 5.86. The van der Waals surface area contributed by atoms with E-state index in [-0.39, 0.29) is 5.78 Å². The van der Waals surface area contributed by atoms with Crippen LogP contribution < -0.4 is 0 Å². The Balaban J connectivity index is 2.64. The monoisotopic (exact) mass is 267 g/mol. The van der Waals surface area contributed by atoms with Crippen molar-refractivity contribution in [2.24, 2.45) is 0 Å². The number of aromatic nitrogens is 1. The molecule has 2 rings (SSSR count). The summed E-state index contributed by atoms with van der Waals surface area (Å²) < 4.78 is 5.47. The van der Waals surface area contributed by atoms with Gasteiger partial charge in [-0.25, -0.2) is 4.98 Å². The Kier molecular flexibility index (Phi) is 2.86. The third-order valence-electron chi connectivity index (χ3n) is 2.19. The Morgan fingerprint density at radius 1 is 1.53 bits per heavy atom. The molecule has 1 aromatic heterocycles. The van der Waals surface area contributed by atoms with E-state index in [0.717, 1.165) is 6.42 Å². The molecule has 0 aliphatic carbocycles. The van der Waals surface area contributed by atoms with Gasteiger partial charge in [0.05, 0.1) is 5.33 Å². The summed E-state index contributed by atoms with van der Waals surface area (Å²) in [6, 6.07) is 5.41. The van der Waals surface area contributed by atoms with E-state index in [4.69, 9.17) is 4.42 Å². The van der Waals surface area contributed by atoms with Gasteiger partial charge in [0.25, 0.3) is 0 Å². The van der Waals surface area contributed by atoms with Crippen LogP contribution in [0, 0.1) is 0 Å². The second kappa shape index (κ2) is 4.14. The third kappa shape index (κ3) is 1.81. The van der Waals surface area contributed by atoms with Gasteiger partial charge < -0.3 is 4.42 Å². The SMILES string of the molecule is CCc1nc2c(C(=O)CBr)cccc2o1. The number of hydrogen-bond donors (Lipinski definition) is 0. The van der Waals surface area contributed by atoms with Crippen molar-refractivity contribution in [2.75, 3.05) is 5.33 Å². The molecule has 0 saturated carbocycles. The number of rotatable bonds is 3. The summed E-state index contributed by atoms with van der Waals surface area (Å²) in [6.45, 7) is 1.97. The molecule has 1 aromatic carbocycles. The van der Waals surface area contributed by atoms with Crippen LogP contribution in [0.25, 0.3) is 11.1 Å². The van der Waals surface area contributed by atoms with Crippen LogP contribution in [-0.4, -0.2) is 16.1 Å². The maximum Gasteiger partial charge on any atom is 0.195 e. The Hall–Kier alpha value is -1.16. The molecule has 0 atom stereocenters. The fourth-order valence-corrected chi connectivity index (χ4v) is 1.74. The van der Waals surface area contributed by atoms with Gasteiger partial charge in [-0.3, -0.25) is 4.79 Å². The molecule has 0 spiro atoms. The van der Waals surface area contributed by atoms with E-state index in [1.54, 1.807) is 6.07 Å². The van der Waals surface area contributed by atoms with Crippen molar-refractivity contribution in [3.63, 3.8) is 0 Å². The predicted molar refractivity (Wildman–Crippen MR) is 61.5 cm³/mol. The van der Waals surface area contributed by atoms with Gasteiger partial charge in [0.2, 0.25) is 0 Å². The summed E-state index contributed by atoms with van der Waals surface area (Å²) in [4.78, 5) is 15.9. The lowest BCUT2D eigenvalue weighted by molar-refractivity contribution is 0.102. The highest BCUT2D eigenvalue weighted by Gasteiger charge is 2.13. The molecule has 4 heteroatoms. The van der Waals surface area contributed by atoms with Crippen molar-refractivity contribution < 1.29 is 9.21 Å². The molecule has 0 unspecified atom stereocenters. The third-order valence-corrected chi connectivity index (χ3v) is 2.70. The number of carbonyl (C=O) groups excluding carboxylic acids is 1. The molecule has 0 N–H and O–H groups in total. The van der Waals surface area contributed by atoms with Crippen LogP contribution >= 0.6 is 15.9 Å². The maximum absolute atomic E-state index is 11.6. The fraction of sp³-hybridized carbons (Fsp3) is 0.273. The average Bonchev–Trinajstić information content (AvgIpc) is 2.70. The van der Waals surface area contributed by atoms with Gasteiger partial charge in [0, 0.05) is 12.0 Å². The standard InChI is InChI=1S/C11H10BrNO2/c1-2-10-13-11-7(8(14)6-12)4-3-5-9(11)15-10/h3-5H,2,6H2,1H3. The van der Waals surface area contributed by atoms with E-state index in [2.05, 4.69) is 20.9 Å². The highest BCUT2D eigenvalue weighted by Crippen LogP contribution is 2.20. The molecular weight excluding hydrogens is 258 g/mol. The van der Waals surface area contributed by atoms with Gasteiger partial charge in [-0.15, -0.1) is 0 Å². The molecule has 3 nitrogen and oxygen atoms in total. The Morgan fingerprint density at radius 3 is 3.00 bits per heavy atom. The van der Waals surface area contributed by atoms with Crippen molar-refractivity contribution in [3.8, 4) is 0 Å². The lowest BCUT2D eigenvalue weighted by Crippen LogP contribution is -2.00. The van der Waals surface area contributed by atoms with E-state index >= 15 is 0 Å². The lowest BCUT2D eigenvalue weighted by Gasteiger charge is -1.95. The number of para-hydroxylation sites is 1. The van der Waals surface area contributed by atoms with Crippen molar-refractivity contribution in [1.82, 2.24) is 4.98 Å². The molecule has 0 aliphatic rings. The number of alkyl halides is 1. The van der Waals surface area contributed by atoms with Crippen LogP contribution in [0.2, 0.25) is 0 Å². The van der Waals surface area contributed by atoms with Crippen LogP contribution in [0.3, 0.4) is 0 Å². The minimum Gasteiger partial charge on any atom is -0.441 e. The van der Waals surface area contributed by atoms with Crippen molar-refractivity contribution >= 4 is 32.8 Å². The van der Waals surface area contributed by atoms with Gasteiger partial charge in [0.15, 0.2) is 17.3 Å². The predicted octanol–water partition coefficient (Wildman–Crippen LogP) is 2.97. The first-order valence-electron chi connectivity index (χ1n) is 4.74. The number of aryl methyl sites for hydroxylation is 1. The second-order valence-electron chi connectivity index (χ2n) is 3.17. The highest BCUT2D eigenvalue weighted by molar-refractivity contribution is 9.09. The number of hydrogen-bond acceptors (Lipinski definition) is 3. The second-order valence-corrected chi connectivity index (χ2v) is 3.73. The average molecular weight is 268 g/mol. The van der Waals surface area contributed by atoms with E-state index in [9.17, 15) is 4.79 Å². The van der Waals surface area contributed by atoms with Crippen molar-refractivity contribution in [3.05, 3.63) is 29.7 Å². The van der Waals surface area contributed by atoms with Crippen LogP contribution in [0.15, 0.2) is 22.6 Å². The first kappa shape index (κ1) is 10.4. The molecule has 1 heterocycles. The summed E-state index contributed by atoms with van der Waals surface area (Å²) in [5.74, 6) is 0.691. The van der Waals surface area contributed by atoms with E-state index in [1.165, 1.54) is 0 Å². The molecule has 0 aliphatic heterocycles. The number of halogens is 1. The number of benzene rings is 1. The summed E-state index contributed by atoms with van der Waals surface area (Å²) >= 11 is 3.15. The summed E-state index contributed by atoms with van der Waals surface area (Å²) in [7, 11) is 0. The summed E-state index contributed by atoms with van der Waals surface area (Å²) in [6.07, 6.45) is 0.733. The fourth-order valence-electron chi connectivity index (χ4n) is 1.44. The maximum atomic E-state index is 11.6. The molecule has 0 amide bonds. The van der Waals surface area contributed by atoms with Crippen LogP contribution in [0.1, 0.15) is 23.2 Å². The summed E-state index contributed by atoms with van der Waals surface area (Å²) in [5.41, 5.74) is 1.96. The normalized spacial score (nSPS) is 10.8. The number of oxazole rings is 1. The van der Waals surface area contributed by atoms with Crippen LogP contribution in [0.5, 0.6) is 0 Å². The topological polar surface area (TPSA) is 43.1 Å². The molecule has 2 aromatic rings. The largest absolute Gasteiger partial charge is 0.441 e. The molecule has 0 fully saturated rings. The number of Topliss-reactive ketones (excluding diaryl/α,β-unsaturated/α-hetero) is 1. The van der Waals surface area contributed by atoms with E-state index in [0.29, 0.717) is 27.9 Å². The van der Waals surface area contributed by atoms with Gasteiger partial charge in [-0.2, -0.15) is 0 Å². The van der Waals surface area contributed by atoms with Gasteiger partial charge in [-0.05, 0) is 12.1 Å². The number of ketones is 1. The molecule has 0 bridgehead atoms. The minimum absolute atomic E-state index is 0.0246. The minimum atomic E-state index is 0.0246. The molecule has 0 saturated heterocycles. The Bertz CT molecular complexity index is 504. The smallest absolute Gasteiger partial charge is 0.195 e. The zero-order valence-corrected chi connectivity index (χ0v) is 9.87. The molecule has 15 heavy (non-hydrogen) atoms. The highest BCUT2D eigenvalue weighted by atomic mass is 79.9.